The summed E-state index contributed by atoms with van der Waals surface area (Å²) in [4.78, 5) is 16.2. The van der Waals surface area contributed by atoms with Crippen LogP contribution in [0.25, 0.3) is 0 Å². The minimum absolute atomic E-state index is 0.0270. The minimum Gasteiger partial charge on any atom is -0.382 e. The topological polar surface area (TPSA) is 74.8 Å². The average Bonchev–Trinajstić information content (AvgIpc) is 2.59. The van der Waals surface area contributed by atoms with E-state index in [1.54, 1.807) is 7.05 Å². The number of anilines is 1. The number of benzene rings is 1. The summed E-state index contributed by atoms with van der Waals surface area (Å²) in [6, 6.07) is 5.83. The van der Waals surface area contributed by atoms with Crippen LogP contribution in [0.15, 0.2) is 27.7 Å². The highest BCUT2D eigenvalue weighted by Crippen LogP contribution is 2.20. The maximum Gasteiger partial charge on any atom is 0.226 e. The first-order valence-corrected chi connectivity index (χ1v) is 9.44. The number of halogens is 1. The zero-order chi connectivity index (χ0) is 18.5. The van der Waals surface area contributed by atoms with Crippen LogP contribution >= 0.6 is 15.9 Å². The Hall–Kier alpha value is -1.60. The molecule has 0 aliphatic heterocycles. The number of guanidine groups is 1. The third kappa shape index (κ3) is 9.45. The normalized spacial score (nSPS) is 11.3. The van der Waals surface area contributed by atoms with Gasteiger partial charge >= 0.3 is 0 Å². The average molecular weight is 413 g/mol. The fourth-order valence-corrected chi connectivity index (χ4v) is 2.50. The van der Waals surface area contributed by atoms with Crippen molar-refractivity contribution in [2.75, 3.05) is 38.7 Å². The zero-order valence-corrected chi connectivity index (χ0v) is 16.9. The lowest BCUT2D eigenvalue weighted by molar-refractivity contribution is -0.116. The molecular weight excluding hydrogens is 384 g/mol. The Balaban J connectivity index is 2.23. The number of hydrogen-bond donors (Lipinski definition) is 3. The fraction of sp³-hybridized carbons (Fsp3) is 0.556. The number of nitrogens with zero attached hydrogens (tertiary/aromatic N) is 1. The number of nitrogens with one attached hydrogen (secondary N) is 3. The van der Waals surface area contributed by atoms with E-state index in [1.807, 2.05) is 32.0 Å². The number of rotatable bonds is 10. The van der Waals surface area contributed by atoms with E-state index in [4.69, 9.17) is 4.74 Å². The first kappa shape index (κ1) is 21.4. The van der Waals surface area contributed by atoms with Gasteiger partial charge in [0.15, 0.2) is 5.96 Å². The summed E-state index contributed by atoms with van der Waals surface area (Å²) in [5, 5.41) is 9.32. The van der Waals surface area contributed by atoms with Gasteiger partial charge in [-0.3, -0.25) is 9.79 Å². The van der Waals surface area contributed by atoms with Crippen LogP contribution in [0.1, 0.15) is 31.7 Å². The number of ether oxygens (including phenoxy) is 1. The van der Waals surface area contributed by atoms with Gasteiger partial charge in [-0.05, 0) is 44.4 Å². The number of amides is 1. The maximum atomic E-state index is 12.1. The molecule has 7 heteroatoms. The lowest BCUT2D eigenvalue weighted by Gasteiger charge is -2.12. The van der Waals surface area contributed by atoms with E-state index < -0.39 is 0 Å². The largest absolute Gasteiger partial charge is 0.382 e. The van der Waals surface area contributed by atoms with Crippen molar-refractivity contribution >= 4 is 33.5 Å². The summed E-state index contributed by atoms with van der Waals surface area (Å²) in [6.45, 7) is 6.88. The van der Waals surface area contributed by atoms with E-state index in [0.717, 1.165) is 48.3 Å². The summed E-state index contributed by atoms with van der Waals surface area (Å²) >= 11 is 3.42. The van der Waals surface area contributed by atoms with Crippen molar-refractivity contribution in [3.63, 3.8) is 0 Å². The molecule has 1 aromatic carbocycles. The van der Waals surface area contributed by atoms with E-state index in [0.29, 0.717) is 18.9 Å². The first-order valence-electron chi connectivity index (χ1n) is 8.65. The smallest absolute Gasteiger partial charge is 0.226 e. The molecule has 0 aliphatic carbocycles. The summed E-state index contributed by atoms with van der Waals surface area (Å²) in [6.07, 6.45) is 2.41. The maximum absolute atomic E-state index is 12.1. The van der Waals surface area contributed by atoms with Gasteiger partial charge in [0.05, 0.1) is 0 Å². The lowest BCUT2D eigenvalue weighted by atomic mass is 10.2. The molecule has 0 aromatic heterocycles. The predicted octanol–water partition coefficient (Wildman–Crippen LogP) is 3.07. The molecule has 0 radical (unpaired) electrons. The number of aryl methyl sites for hydroxylation is 1. The van der Waals surface area contributed by atoms with Gasteiger partial charge in [0.2, 0.25) is 5.91 Å². The fourth-order valence-electron chi connectivity index (χ4n) is 2.14. The van der Waals surface area contributed by atoms with Gasteiger partial charge in [0, 0.05) is 49.9 Å². The molecule has 0 saturated heterocycles. The van der Waals surface area contributed by atoms with Crippen molar-refractivity contribution in [3.05, 3.63) is 28.2 Å². The highest BCUT2D eigenvalue weighted by atomic mass is 79.9. The second kappa shape index (κ2) is 12.7. The van der Waals surface area contributed by atoms with Crippen molar-refractivity contribution in [2.24, 2.45) is 4.99 Å². The standard InChI is InChI=1S/C18H29BrN4O2/c1-4-25-12-6-5-10-21-18(20-3)22-11-9-17(24)23-16-13-15(19)8-7-14(16)2/h7-8,13H,4-6,9-12H2,1-3H3,(H,23,24)(H2,20,21,22). The van der Waals surface area contributed by atoms with Gasteiger partial charge < -0.3 is 20.7 Å². The van der Waals surface area contributed by atoms with Crippen molar-refractivity contribution in [1.82, 2.24) is 10.6 Å². The van der Waals surface area contributed by atoms with E-state index in [2.05, 4.69) is 36.9 Å². The molecule has 6 nitrogen and oxygen atoms in total. The molecule has 0 spiro atoms. The molecule has 25 heavy (non-hydrogen) atoms. The van der Waals surface area contributed by atoms with Crippen LogP contribution in [0.2, 0.25) is 0 Å². The van der Waals surface area contributed by atoms with Gasteiger partial charge in [-0.1, -0.05) is 22.0 Å². The van der Waals surface area contributed by atoms with Crippen LogP contribution in [0.4, 0.5) is 5.69 Å². The Morgan fingerprint density at radius 2 is 2.00 bits per heavy atom. The molecule has 0 saturated carbocycles. The number of unbranched alkanes of at least 4 members (excludes halogenated alkanes) is 1. The van der Waals surface area contributed by atoms with E-state index in [-0.39, 0.29) is 5.91 Å². The highest BCUT2D eigenvalue weighted by Gasteiger charge is 2.06. The zero-order valence-electron chi connectivity index (χ0n) is 15.3. The van der Waals surface area contributed by atoms with Crippen LogP contribution in [-0.4, -0.2) is 45.2 Å². The molecule has 0 unspecified atom stereocenters. The van der Waals surface area contributed by atoms with Crippen molar-refractivity contribution in [3.8, 4) is 0 Å². The molecule has 0 heterocycles. The Morgan fingerprint density at radius 3 is 2.72 bits per heavy atom. The van der Waals surface area contributed by atoms with Gasteiger partial charge in [-0.25, -0.2) is 0 Å². The number of carbonyl (C=O) groups excluding carboxylic acids is 1. The van der Waals surface area contributed by atoms with E-state index in [1.165, 1.54) is 0 Å². The van der Waals surface area contributed by atoms with Crippen molar-refractivity contribution in [1.29, 1.82) is 0 Å². The lowest BCUT2D eigenvalue weighted by Crippen LogP contribution is -2.39. The molecule has 1 aromatic rings. The highest BCUT2D eigenvalue weighted by molar-refractivity contribution is 9.10. The van der Waals surface area contributed by atoms with E-state index >= 15 is 0 Å². The van der Waals surface area contributed by atoms with Crippen LogP contribution in [0, 0.1) is 6.92 Å². The first-order chi connectivity index (χ1) is 12.1. The molecule has 3 N–H and O–H groups in total. The molecule has 1 amide bonds. The molecule has 0 aliphatic rings. The second-order valence-electron chi connectivity index (χ2n) is 5.59. The summed E-state index contributed by atoms with van der Waals surface area (Å²) in [5.41, 5.74) is 1.87. The van der Waals surface area contributed by atoms with Crippen LogP contribution in [0.3, 0.4) is 0 Å². The predicted molar refractivity (Wildman–Crippen MR) is 107 cm³/mol. The molecule has 0 fully saturated rings. The Bertz CT molecular complexity index is 564. The molecule has 140 valence electrons. The van der Waals surface area contributed by atoms with Gasteiger partial charge in [-0.15, -0.1) is 0 Å². The molecule has 0 bridgehead atoms. The Kier molecular flexibility index (Phi) is 10.9. The third-order valence-corrected chi connectivity index (χ3v) is 4.05. The summed E-state index contributed by atoms with van der Waals surface area (Å²) in [7, 11) is 1.72. The number of hydrogen-bond acceptors (Lipinski definition) is 3. The molecular formula is C18H29BrN4O2. The van der Waals surface area contributed by atoms with Crippen LogP contribution in [0.5, 0.6) is 0 Å². The van der Waals surface area contributed by atoms with Crippen molar-refractivity contribution < 1.29 is 9.53 Å². The Morgan fingerprint density at radius 1 is 1.24 bits per heavy atom. The number of aliphatic imine (C=N–C) groups is 1. The van der Waals surface area contributed by atoms with E-state index in [9.17, 15) is 4.79 Å². The molecule has 0 atom stereocenters. The van der Waals surface area contributed by atoms with Crippen LogP contribution in [-0.2, 0) is 9.53 Å². The SMILES string of the molecule is CCOCCCCNC(=NC)NCCC(=O)Nc1cc(Br)ccc1C. The second-order valence-corrected chi connectivity index (χ2v) is 6.50. The quantitative estimate of drug-likeness (QED) is 0.313. The number of carbonyl (C=O) groups is 1. The third-order valence-electron chi connectivity index (χ3n) is 3.55. The monoisotopic (exact) mass is 412 g/mol. The summed E-state index contributed by atoms with van der Waals surface area (Å²) in [5.74, 6) is 0.684. The van der Waals surface area contributed by atoms with Gasteiger partial charge in [0.1, 0.15) is 0 Å². The van der Waals surface area contributed by atoms with Gasteiger partial charge in [0.25, 0.3) is 0 Å². The molecule has 1 rings (SSSR count). The van der Waals surface area contributed by atoms with Crippen LogP contribution < -0.4 is 16.0 Å². The van der Waals surface area contributed by atoms with Crippen molar-refractivity contribution in [2.45, 2.75) is 33.1 Å². The summed E-state index contributed by atoms with van der Waals surface area (Å²) < 4.78 is 6.25. The minimum atomic E-state index is -0.0270. The Labute approximate surface area is 158 Å². The van der Waals surface area contributed by atoms with Gasteiger partial charge in [-0.2, -0.15) is 0 Å².